The first kappa shape index (κ1) is 11.4. The molecule has 2 heteroatoms. The summed E-state index contributed by atoms with van der Waals surface area (Å²) in [6.07, 6.45) is 7.79. The smallest absolute Gasteiger partial charge is 0.0166 e. The SMILES string of the molecule is CC1CC(C)N(CCC2(N)CCCC2)C1. The highest BCUT2D eigenvalue weighted by atomic mass is 15.2. The fraction of sp³-hybridized carbons (Fsp3) is 1.00. The van der Waals surface area contributed by atoms with Crippen LogP contribution in [0, 0.1) is 5.92 Å². The molecule has 0 amide bonds. The summed E-state index contributed by atoms with van der Waals surface area (Å²) in [4.78, 5) is 2.64. The molecule has 1 aliphatic heterocycles. The minimum Gasteiger partial charge on any atom is -0.325 e. The highest BCUT2D eigenvalue weighted by molar-refractivity contribution is 4.91. The molecule has 2 atom stereocenters. The Morgan fingerprint density at radius 1 is 1.27 bits per heavy atom. The molecule has 0 aromatic carbocycles. The van der Waals surface area contributed by atoms with Crippen molar-refractivity contribution in [2.24, 2.45) is 11.7 Å². The summed E-state index contributed by atoms with van der Waals surface area (Å²) < 4.78 is 0. The summed E-state index contributed by atoms with van der Waals surface area (Å²) in [7, 11) is 0. The summed E-state index contributed by atoms with van der Waals surface area (Å²) in [5.74, 6) is 0.886. The standard InChI is InChI=1S/C13H26N2/c1-11-9-12(2)15(10-11)8-7-13(14)5-3-4-6-13/h11-12H,3-10,14H2,1-2H3. The first-order valence-electron chi connectivity index (χ1n) is 6.62. The van der Waals surface area contributed by atoms with Gasteiger partial charge >= 0.3 is 0 Å². The van der Waals surface area contributed by atoms with Crippen LogP contribution in [0.1, 0.15) is 52.4 Å². The molecule has 1 aliphatic carbocycles. The van der Waals surface area contributed by atoms with Crippen LogP contribution >= 0.6 is 0 Å². The van der Waals surface area contributed by atoms with Crippen LogP contribution in [0.15, 0.2) is 0 Å². The van der Waals surface area contributed by atoms with Gasteiger partial charge in [-0.05, 0) is 38.5 Å². The molecule has 2 rings (SSSR count). The Balaban J connectivity index is 1.78. The molecule has 1 heterocycles. The lowest BCUT2D eigenvalue weighted by Gasteiger charge is -2.28. The van der Waals surface area contributed by atoms with Gasteiger partial charge < -0.3 is 10.6 Å². The van der Waals surface area contributed by atoms with Crippen molar-refractivity contribution in [1.29, 1.82) is 0 Å². The van der Waals surface area contributed by atoms with Gasteiger partial charge in [-0.2, -0.15) is 0 Å². The zero-order valence-electron chi connectivity index (χ0n) is 10.3. The highest BCUT2D eigenvalue weighted by Crippen LogP contribution is 2.31. The highest BCUT2D eigenvalue weighted by Gasteiger charge is 2.32. The van der Waals surface area contributed by atoms with Gasteiger partial charge in [-0.25, -0.2) is 0 Å². The van der Waals surface area contributed by atoms with E-state index in [1.54, 1.807) is 0 Å². The maximum absolute atomic E-state index is 6.39. The molecule has 2 unspecified atom stereocenters. The van der Waals surface area contributed by atoms with E-state index in [0.29, 0.717) is 0 Å². The lowest BCUT2D eigenvalue weighted by atomic mass is 9.94. The summed E-state index contributed by atoms with van der Waals surface area (Å²) in [5, 5.41) is 0. The molecule has 0 radical (unpaired) electrons. The summed E-state index contributed by atoms with van der Waals surface area (Å²) in [6.45, 7) is 7.24. The Morgan fingerprint density at radius 3 is 2.47 bits per heavy atom. The number of rotatable bonds is 3. The average molecular weight is 210 g/mol. The second-order valence-electron chi connectivity index (χ2n) is 6.00. The quantitative estimate of drug-likeness (QED) is 0.775. The third kappa shape index (κ3) is 2.73. The minimum atomic E-state index is 0.186. The molecular weight excluding hydrogens is 184 g/mol. The van der Waals surface area contributed by atoms with E-state index >= 15 is 0 Å². The monoisotopic (exact) mass is 210 g/mol. The molecule has 88 valence electrons. The van der Waals surface area contributed by atoms with E-state index in [-0.39, 0.29) is 5.54 Å². The van der Waals surface area contributed by atoms with Gasteiger partial charge in [0.15, 0.2) is 0 Å². The van der Waals surface area contributed by atoms with Crippen LogP contribution in [-0.2, 0) is 0 Å². The third-order valence-corrected chi connectivity index (χ3v) is 4.41. The molecule has 1 saturated heterocycles. The van der Waals surface area contributed by atoms with Crippen LogP contribution < -0.4 is 5.73 Å². The van der Waals surface area contributed by atoms with E-state index in [1.165, 1.54) is 51.6 Å². The first-order chi connectivity index (χ1) is 7.09. The molecule has 0 spiro atoms. The molecule has 2 nitrogen and oxygen atoms in total. The number of likely N-dealkylation sites (tertiary alicyclic amines) is 1. The molecule has 0 bridgehead atoms. The Morgan fingerprint density at radius 2 is 1.93 bits per heavy atom. The molecule has 2 fully saturated rings. The zero-order chi connectivity index (χ0) is 10.9. The minimum absolute atomic E-state index is 0.186. The molecule has 2 N–H and O–H groups in total. The number of nitrogens with two attached hydrogens (primary N) is 1. The van der Waals surface area contributed by atoms with E-state index in [1.807, 2.05) is 0 Å². The number of hydrogen-bond acceptors (Lipinski definition) is 2. The topological polar surface area (TPSA) is 29.3 Å². The van der Waals surface area contributed by atoms with Gasteiger partial charge in [0, 0.05) is 24.7 Å². The molecule has 0 aromatic rings. The Kier molecular flexibility index (Phi) is 3.36. The van der Waals surface area contributed by atoms with Gasteiger partial charge in [-0.15, -0.1) is 0 Å². The van der Waals surface area contributed by atoms with Crippen molar-refractivity contribution in [2.75, 3.05) is 13.1 Å². The second kappa shape index (κ2) is 4.42. The van der Waals surface area contributed by atoms with Crippen molar-refractivity contribution in [3.8, 4) is 0 Å². The van der Waals surface area contributed by atoms with Crippen LogP contribution in [0.25, 0.3) is 0 Å². The fourth-order valence-corrected chi connectivity index (χ4v) is 3.39. The predicted molar refractivity (Wildman–Crippen MR) is 64.8 cm³/mol. The van der Waals surface area contributed by atoms with Gasteiger partial charge in [0.2, 0.25) is 0 Å². The number of hydrogen-bond donors (Lipinski definition) is 1. The van der Waals surface area contributed by atoms with Crippen LogP contribution in [0.4, 0.5) is 0 Å². The zero-order valence-corrected chi connectivity index (χ0v) is 10.3. The molecular formula is C13H26N2. The van der Waals surface area contributed by atoms with Crippen LogP contribution in [0.5, 0.6) is 0 Å². The third-order valence-electron chi connectivity index (χ3n) is 4.41. The van der Waals surface area contributed by atoms with Crippen LogP contribution in [-0.4, -0.2) is 29.6 Å². The Hall–Kier alpha value is -0.0800. The Labute approximate surface area is 94.2 Å². The number of nitrogens with zero attached hydrogens (tertiary/aromatic N) is 1. The maximum atomic E-state index is 6.39. The van der Waals surface area contributed by atoms with Crippen molar-refractivity contribution in [2.45, 2.75) is 64.0 Å². The first-order valence-corrected chi connectivity index (χ1v) is 6.62. The van der Waals surface area contributed by atoms with E-state index in [4.69, 9.17) is 5.73 Å². The molecule has 1 saturated carbocycles. The van der Waals surface area contributed by atoms with Crippen molar-refractivity contribution in [1.82, 2.24) is 4.90 Å². The average Bonchev–Trinajstić information content (AvgIpc) is 2.71. The van der Waals surface area contributed by atoms with E-state index in [0.717, 1.165) is 12.0 Å². The molecule has 15 heavy (non-hydrogen) atoms. The largest absolute Gasteiger partial charge is 0.325 e. The van der Waals surface area contributed by atoms with Crippen molar-refractivity contribution in [3.63, 3.8) is 0 Å². The Bertz CT molecular complexity index is 209. The maximum Gasteiger partial charge on any atom is 0.0166 e. The summed E-state index contributed by atoms with van der Waals surface area (Å²) in [5.41, 5.74) is 6.58. The van der Waals surface area contributed by atoms with E-state index < -0.39 is 0 Å². The van der Waals surface area contributed by atoms with Crippen molar-refractivity contribution in [3.05, 3.63) is 0 Å². The lowest BCUT2D eigenvalue weighted by molar-refractivity contribution is 0.231. The van der Waals surface area contributed by atoms with Gasteiger partial charge in [0.25, 0.3) is 0 Å². The lowest BCUT2D eigenvalue weighted by Crippen LogP contribution is -2.41. The van der Waals surface area contributed by atoms with Gasteiger partial charge in [-0.3, -0.25) is 0 Å². The van der Waals surface area contributed by atoms with E-state index in [9.17, 15) is 0 Å². The van der Waals surface area contributed by atoms with Gasteiger partial charge in [0.1, 0.15) is 0 Å². The van der Waals surface area contributed by atoms with Crippen molar-refractivity contribution < 1.29 is 0 Å². The molecule has 2 aliphatic rings. The second-order valence-corrected chi connectivity index (χ2v) is 6.00. The summed E-state index contributed by atoms with van der Waals surface area (Å²) in [6, 6.07) is 0.782. The van der Waals surface area contributed by atoms with Crippen molar-refractivity contribution >= 4 is 0 Å². The summed E-state index contributed by atoms with van der Waals surface area (Å²) >= 11 is 0. The van der Waals surface area contributed by atoms with Crippen LogP contribution in [0.3, 0.4) is 0 Å². The fourth-order valence-electron chi connectivity index (χ4n) is 3.39. The molecule has 0 aromatic heterocycles. The van der Waals surface area contributed by atoms with Gasteiger partial charge in [0.05, 0.1) is 0 Å². The normalized spacial score (nSPS) is 36.2. The van der Waals surface area contributed by atoms with Crippen LogP contribution in [0.2, 0.25) is 0 Å². The predicted octanol–water partition coefficient (Wildman–Crippen LogP) is 2.38. The van der Waals surface area contributed by atoms with E-state index in [2.05, 4.69) is 18.7 Å². The van der Waals surface area contributed by atoms with Gasteiger partial charge in [-0.1, -0.05) is 19.8 Å².